The first-order chi connectivity index (χ1) is 7.02. The molecule has 2 rings (SSSR count). The van der Waals surface area contributed by atoms with E-state index in [2.05, 4.69) is 33.3 Å². The molecule has 84 valence electrons. The van der Waals surface area contributed by atoms with E-state index < -0.39 is 0 Å². The highest BCUT2D eigenvalue weighted by molar-refractivity contribution is 9.10. The summed E-state index contributed by atoms with van der Waals surface area (Å²) in [6.07, 6.45) is 3.94. The van der Waals surface area contributed by atoms with Gasteiger partial charge < -0.3 is 5.32 Å². The molecule has 0 atom stereocenters. The number of rotatable bonds is 3. The lowest BCUT2D eigenvalue weighted by Crippen LogP contribution is -2.47. The number of aromatic nitrogens is 2. The molecule has 1 aromatic heterocycles. The zero-order valence-corrected chi connectivity index (χ0v) is 11.2. The van der Waals surface area contributed by atoms with E-state index in [-0.39, 0.29) is 0 Å². The lowest BCUT2D eigenvalue weighted by atomic mass is 9.78. The van der Waals surface area contributed by atoms with E-state index in [4.69, 9.17) is 0 Å². The van der Waals surface area contributed by atoms with E-state index in [1.807, 2.05) is 18.7 Å². The highest BCUT2D eigenvalue weighted by atomic mass is 79.9. The van der Waals surface area contributed by atoms with Gasteiger partial charge in [0.2, 0.25) is 0 Å². The van der Waals surface area contributed by atoms with Gasteiger partial charge in [-0.1, -0.05) is 0 Å². The van der Waals surface area contributed by atoms with Crippen molar-refractivity contribution >= 4 is 15.9 Å². The van der Waals surface area contributed by atoms with Crippen molar-refractivity contribution in [2.45, 2.75) is 45.2 Å². The molecule has 0 bridgehead atoms. The Hall–Kier alpha value is -0.350. The summed E-state index contributed by atoms with van der Waals surface area (Å²) in [5.41, 5.74) is 2.66. The zero-order chi connectivity index (χ0) is 11.1. The largest absolute Gasteiger partial charge is 0.306 e. The van der Waals surface area contributed by atoms with Crippen molar-refractivity contribution in [3.05, 3.63) is 15.9 Å². The number of nitrogens with zero attached hydrogens (tertiary/aromatic N) is 2. The minimum absolute atomic E-state index is 0.359. The van der Waals surface area contributed by atoms with Gasteiger partial charge in [0.15, 0.2) is 0 Å². The topological polar surface area (TPSA) is 29.9 Å². The van der Waals surface area contributed by atoms with Crippen LogP contribution in [0.2, 0.25) is 0 Å². The highest BCUT2D eigenvalue weighted by Gasteiger charge is 2.31. The molecule has 0 radical (unpaired) electrons. The van der Waals surface area contributed by atoms with E-state index in [0.29, 0.717) is 5.54 Å². The van der Waals surface area contributed by atoms with Gasteiger partial charge in [-0.05, 0) is 49.0 Å². The summed E-state index contributed by atoms with van der Waals surface area (Å²) in [7, 11) is 2.00. The summed E-state index contributed by atoms with van der Waals surface area (Å²) in [6.45, 7) is 5.22. The van der Waals surface area contributed by atoms with Crippen LogP contribution in [0.15, 0.2) is 4.47 Å². The molecule has 15 heavy (non-hydrogen) atoms. The third kappa shape index (κ3) is 2.11. The van der Waals surface area contributed by atoms with E-state index in [0.717, 1.165) is 16.7 Å². The Kier molecular flexibility index (Phi) is 2.90. The second kappa shape index (κ2) is 3.91. The SMILES string of the molecule is Cc1nn(C)c(CNC2(C)CCC2)c1Br. The van der Waals surface area contributed by atoms with Crippen LogP contribution in [-0.4, -0.2) is 15.3 Å². The molecule has 0 spiro atoms. The third-order valence-electron chi connectivity index (χ3n) is 3.40. The molecular weight excluding hydrogens is 254 g/mol. The lowest BCUT2D eigenvalue weighted by molar-refractivity contribution is 0.205. The Balaban J connectivity index is 2.04. The smallest absolute Gasteiger partial charge is 0.0739 e. The van der Waals surface area contributed by atoms with E-state index in [1.165, 1.54) is 25.0 Å². The lowest BCUT2D eigenvalue weighted by Gasteiger charge is -2.39. The van der Waals surface area contributed by atoms with Gasteiger partial charge in [-0.3, -0.25) is 4.68 Å². The molecular formula is C11H18BrN3. The summed E-state index contributed by atoms with van der Waals surface area (Å²) >= 11 is 3.59. The fourth-order valence-electron chi connectivity index (χ4n) is 2.05. The van der Waals surface area contributed by atoms with Crippen molar-refractivity contribution in [2.75, 3.05) is 0 Å². The van der Waals surface area contributed by atoms with Crippen LogP contribution in [0.5, 0.6) is 0 Å². The maximum Gasteiger partial charge on any atom is 0.0739 e. The molecule has 0 aromatic carbocycles. The number of aryl methyl sites for hydroxylation is 2. The molecule has 1 aliphatic rings. The van der Waals surface area contributed by atoms with E-state index in [1.54, 1.807) is 0 Å². The van der Waals surface area contributed by atoms with Crippen molar-refractivity contribution in [1.82, 2.24) is 15.1 Å². The highest BCUT2D eigenvalue weighted by Crippen LogP contribution is 2.31. The van der Waals surface area contributed by atoms with Gasteiger partial charge in [-0.15, -0.1) is 0 Å². The normalized spacial score (nSPS) is 18.9. The number of hydrogen-bond acceptors (Lipinski definition) is 2. The first-order valence-corrected chi connectivity index (χ1v) is 6.24. The average molecular weight is 272 g/mol. The maximum atomic E-state index is 4.38. The van der Waals surface area contributed by atoms with Crippen molar-refractivity contribution in [3.8, 4) is 0 Å². The van der Waals surface area contributed by atoms with Gasteiger partial charge in [0.05, 0.1) is 15.9 Å². The van der Waals surface area contributed by atoms with Gasteiger partial charge in [-0.2, -0.15) is 5.10 Å². The first-order valence-electron chi connectivity index (χ1n) is 5.45. The summed E-state index contributed by atoms with van der Waals surface area (Å²) in [5, 5.41) is 8.00. The number of nitrogens with one attached hydrogen (secondary N) is 1. The molecule has 1 N–H and O–H groups in total. The molecule has 1 fully saturated rings. The quantitative estimate of drug-likeness (QED) is 0.916. The van der Waals surface area contributed by atoms with Crippen LogP contribution in [0, 0.1) is 6.92 Å². The van der Waals surface area contributed by atoms with Crippen LogP contribution in [0.3, 0.4) is 0 Å². The van der Waals surface area contributed by atoms with Crippen LogP contribution in [0.4, 0.5) is 0 Å². The van der Waals surface area contributed by atoms with Crippen LogP contribution >= 0.6 is 15.9 Å². The standard InChI is InChI=1S/C11H18BrN3/c1-8-10(12)9(15(3)14-8)7-13-11(2)5-4-6-11/h13H,4-7H2,1-3H3. The fraction of sp³-hybridized carbons (Fsp3) is 0.727. The minimum atomic E-state index is 0.359. The van der Waals surface area contributed by atoms with Crippen LogP contribution in [0.25, 0.3) is 0 Å². The molecule has 1 aliphatic carbocycles. The van der Waals surface area contributed by atoms with Gasteiger partial charge in [0.25, 0.3) is 0 Å². The summed E-state index contributed by atoms with van der Waals surface area (Å²) in [4.78, 5) is 0. The van der Waals surface area contributed by atoms with Gasteiger partial charge in [0.1, 0.15) is 0 Å². The van der Waals surface area contributed by atoms with Crippen molar-refractivity contribution in [3.63, 3.8) is 0 Å². The molecule has 3 nitrogen and oxygen atoms in total. The van der Waals surface area contributed by atoms with Crippen molar-refractivity contribution in [1.29, 1.82) is 0 Å². The third-order valence-corrected chi connectivity index (χ3v) is 4.43. The molecule has 0 aliphatic heterocycles. The second-order valence-electron chi connectivity index (χ2n) is 4.74. The molecule has 1 saturated carbocycles. The van der Waals surface area contributed by atoms with Crippen LogP contribution in [0.1, 0.15) is 37.6 Å². The van der Waals surface area contributed by atoms with Crippen LogP contribution < -0.4 is 5.32 Å². The maximum absolute atomic E-state index is 4.38. The minimum Gasteiger partial charge on any atom is -0.306 e. The summed E-state index contributed by atoms with van der Waals surface area (Å²) in [6, 6.07) is 0. The molecule has 1 aromatic rings. The molecule has 4 heteroatoms. The molecule has 1 heterocycles. The molecule has 0 unspecified atom stereocenters. The van der Waals surface area contributed by atoms with Gasteiger partial charge >= 0.3 is 0 Å². The Morgan fingerprint density at radius 1 is 1.53 bits per heavy atom. The van der Waals surface area contributed by atoms with E-state index in [9.17, 15) is 0 Å². The van der Waals surface area contributed by atoms with Crippen LogP contribution in [-0.2, 0) is 13.6 Å². The molecule has 0 saturated heterocycles. The number of halogens is 1. The number of hydrogen-bond donors (Lipinski definition) is 1. The van der Waals surface area contributed by atoms with Gasteiger partial charge in [0, 0.05) is 19.1 Å². The summed E-state index contributed by atoms with van der Waals surface area (Å²) in [5.74, 6) is 0. The predicted molar refractivity (Wildman–Crippen MR) is 64.7 cm³/mol. The Bertz CT molecular complexity index is 366. The predicted octanol–water partition coefficient (Wildman–Crippen LogP) is 2.52. The Morgan fingerprint density at radius 2 is 2.20 bits per heavy atom. The monoisotopic (exact) mass is 271 g/mol. The Morgan fingerprint density at radius 3 is 2.60 bits per heavy atom. The zero-order valence-electron chi connectivity index (χ0n) is 9.60. The first kappa shape index (κ1) is 11.1. The van der Waals surface area contributed by atoms with E-state index >= 15 is 0 Å². The van der Waals surface area contributed by atoms with Gasteiger partial charge in [-0.25, -0.2) is 0 Å². The van der Waals surface area contributed by atoms with Crippen molar-refractivity contribution < 1.29 is 0 Å². The Labute approximate surface area is 99.4 Å². The average Bonchev–Trinajstić information content (AvgIpc) is 2.36. The fourth-order valence-corrected chi connectivity index (χ4v) is 2.53. The summed E-state index contributed by atoms with van der Waals surface area (Å²) < 4.78 is 3.09. The van der Waals surface area contributed by atoms with Crippen molar-refractivity contribution in [2.24, 2.45) is 7.05 Å². The second-order valence-corrected chi connectivity index (χ2v) is 5.53. The molecule has 0 amide bonds.